The van der Waals surface area contributed by atoms with E-state index in [1.165, 1.54) is 24.2 Å². The van der Waals surface area contributed by atoms with Gasteiger partial charge in [-0.05, 0) is 53.5 Å². The molecule has 1 aliphatic carbocycles. The average molecular weight is 471 g/mol. The number of carbonyl (C=O) groups excluding carboxylic acids is 2. The van der Waals surface area contributed by atoms with Crippen LogP contribution in [-0.2, 0) is 11.2 Å². The highest BCUT2D eigenvalue weighted by Crippen LogP contribution is 2.29. The van der Waals surface area contributed by atoms with Gasteiger partial charge in [0.2, 0.25) is 0 Å². The van der Waals surface area contributed by atoms with Gasteiger partial charge in [-0.25, -0.2) is 0 Å². The number of nitrogens with one attached hydrogen (secondary N) is 2. The molecule has 0 saturated heterocycles. The highest BCUT2D eigenvalue weighted by molar-refractivity contribution is 6.33. The predicted octanol–water partition coefficient (Wildman–Crippen LogP) is 1.95. The Hall–Kier alpha value is -3.66. The highest BCUT2D eigenvalue weighted by atomic mass is 35.5. The van der Waals surface area contributed by atoms with Gasteiger partial charge < -0.3 is 20.1 Å². The lowest BCUT2D eigenvalue weighted by atomic mass is 10.1. The maximum Gasteiger partial charge on any atom is 0.258 e. The number of aromatic nitrogens is 4. The summed E-state index contributed by atoms with van der Waals surface area (Å²) in [6.45, 7) is 0.418. The van der Waals surface area contributed by atoms with Gasteiger partial charge in [0.25, 0.3) is 11.8 Å². The van der Waals surface area contributed by atoms with Gasteiger partial charge in [0, 0.05) is 18.7 Å². The summed E-state index contributed by atoms with van der Waals surface area (Å²) in [6, 6.07) is 10.9. The Morgan fingerprint density at radius 2 is 2.00 bits per heavy atom. The van der Waals surface area contributed by atoms with Gasteiger partial charge in [-0.3, -0.25) is 9.59 Å². The largest absolute Gasteiger partial charge is 0.496 e. The van der Waals surface area contributed by atoms with Gasteiger partial charge in [-0.1, -0.05) is 23.7 Å². The van der Waals surface area contributed by atoms with E-state index in [9.17, 15) is 9.59 Å². The Balaban J connectivity index is 1.29. The molecule has 0 unspecified atom stereocenters. The molecule has 3 aromatic rings. The summed E-state index contributed by atoms with van der Waals surface area (Å²) in [5, 5.41) is 17.0. The fourth-order valence-electron chi connectivity index (χ4n) is 3.15. The summed E-state index contributed by atoms with van der Waals surface area (Å²) in [5.74, 6) is 0.565. The third-order valence-corrected chi connectivity index (χ3v) is 5.35. The Morgan fingerprint density at radius 3 is 2.67 bits per heavy atom. The number of methoxy groups -OCH3 is 1. The van der Waals surface area contributed by atoms with E-state index in [-0.39, 0.29) is 18.4 Å². The van der Waals surface area contributed by atoms with Crippen LogP contribution in [0.4, 0.5) is 0 Å². The molecule has 0 aliphatic heterocycles. The lowest BCUT2D eigenvalue weighted by Crippen LogP contribution is -2.30. The van der Waals surface area contributed by atoms with Crippen molar-refractivity contribution in [3.63, 3.8) is 0 Å². The second kappa shape index (κ2) is 10.3. The smallest absolute Gasteiger partial charge is 0.258 e. The molecule has 1 aromatic heterocycles. The van der Waals surface area contributed by atoms with Crippen LogP contribution in [0.25, 0.3) is 5.69 Å². The van der Waals surface area contributed by atoms with E-state index in [0.29, 0.717) is 46.8 Å². The van der Waals surface area contributed by atoms with Crippen molar-refractivity contribution in [2.75, 3.05) is 20.3 Å². The quantitative estimate of drug-likeness (QED) is 0.464. The van der Waals surface area contributed by atoms with Crippen molar-refractivity contribution >= 4 is 23.4 Å². The second-order valence-corrected chi connectivity index (χ2v) is 7.95. The van der Waals surface area contributed by atoms with Crippen LogP contribution in [0.1, 0.15) is 28.8 Å². The molecule has 1 saturated carbocycles. The van der Waals surface area contributed by atoms with Crippen LogP contribution in [0.15, 0.2) is 42.7 Å². The van der Waals surface area contributed by atoms with Gasteiger partial charge in [0.1, 0.15) is 17.8 Å². The third-order valence-electron chi connectivity index (χ3n) is 5.04. The number of benzene rings is 2. The molecule has 11 heteroatoms. The van der Waals surface area contributed by atoms with Crippen LogP contribution in [0.5, 0.6) is 11.5 Å². The molecule has 2 amide bonds. The van der Waals surface area contributed by atoms with Crippen LogP contribution in [0, 0.1) is 0 Å². The van der Waals surface area contributed by atoms with E-state index >= 15 is 0 Å². The first-order valence-corrected chi connectivity index (χ1v) is 10.8. The van der Waals surface area contributed by atoms with Crippen molar-refractivity contribution in [2.45, 2.75) is 25.3 Å². The second-order valence-electron chi connectivity index (χ2n) is 7.54. The summed E-state index contributed by atoms with van der Waals surface area (Å²) < 4.78 is 12.2. The monoisotopic (exact) mass is 470 g/mol. The predicted molar refractivity (Wildman–Crippen MR) is 120 cm³/mol. The summed E-state index contributed by atoms with van der Waals surface area (Å²) >= 11 is 6.32. The van der Waals surface area contributed by atoms with Crippen molar-refractivity contribution < 1.29 is 19.1 Å². The number of hydrogen-bond acceptors (Lipinski definition) is 7. The number of rotatable bonds is 10. The minimum atomic E-state index is -0.307. The van der Waals surface area contributed by atoms with Gasteiger partial charge in [0.05, 0.1) is 23.4 Å². The molecule has 0 bridgehead atoms. The molecule has 4 rings (SSSR count). The number of ether oxygens (including phenoxy) is 2. The summed E-state index contributed by atoms with van der Waals surface area (Å²) in [7, 11) is 1.47. The van der Waals surface area contributed by atoms with Crippen LogP contribution in [0.3, 0.4) is 0 Å². The molecule has 2 aromatic carbocycles. The Morgan fingerprint density at radius 1 is 1.21 bits per heavy atom. The van der Waals surface area contributed by atoms with Gasteiger partial charge in [-0.2, -0.15) is 4.68 Å². The van der Waals surface area contributed by atoms with E-state index in [0.717, 1.165) is 18.4 Å². The molecule has 172 valence electrons. The maximum absolute atomic E-state index is 12.7. The average Bonchev–Trinajstić information content (AvgIpc) is 3.46. The van der Waals surface area contributed by atoms with Crippen LogP contribution in [0.2, 0.25) is 5.02 Å². The van der Waals surface area contributed by atoms with E-state index in [4.69, 9.17) is 21.1 Å². The van der Waals surface area contributed by atoms with Gasteiger partial charge >= 0.3 is 0 Å². The standard InChI is InChI=1S/C22H23ClN6O4/c1-32-20-11-19(29-13-25-27-28-29)18(23)10-17(20)22(31)24-9-8-14-2-6-16(7-3-14)33-12-21(30)26-15-4-5-15/h2-3,6-7,10-11,13,15H,4-5,8-9,12H2,1H3,(H,24,31)(H,26,30). The number of carbonyl (C=O) groups is 2. The zero-order valence-electron chi connectivity index (χ0n) is 18.0. The number of halogens is 1. The molecule has 0 radical (unpaired) electrons. The van der Waals surface area contributed by atoms with E-state index in [1.807, 2.05) is 24.3 Å². The molecule has 33 heavy (non-hydrogen) atoms. The Bertz CT molecular complexity index is 1120. The summed E-state index contributed by atoms with van der Waals surface area (Å²) in [4.78, 5) is 24.4. The van der Waals surface area contributed by atoms with Crippen molar-refractivity contribution in [1.29, 1.82) is 0 Å². The van der Waals surface area contributed by atoms with Crippen LogP contribution >= 0.6 is 11.6 Å². The minimum absolute atomic E-state index is 0.00249. The molecule has 1 fully saturated rings. The maximum atomic E-state index is 12.7. The van der Waals surface area contributed by atoms with E-state index in [2.05, 4.69) is 26.2 Å². The first-order chi connectivity index (χ1) is 16.0. The Kier molecular flexibility index (Phi) is 7.04. The Labute approximate surface area is 195 Å². The number of amides is 2. The van der Waals surface area contributed by atoms with Crippen LogP contribution in [-0.4, -0.2) is 58.3 Å². The van der Waals surface area contributed by atoms with Gasteiger partial charge in [-0.15, -0.1) is 5.10 Å². The topological polar surface area (TPSA) is 120 Å². The normalized spacial score (nSPS) is 12.8. The minimum Gasteiger partial charge on any atom is -0.496 e. The first-order valence-electron chi connectivity index (χ1n) is 10.4. The molecule has 0 spiro atoms. The lowest BCUT2D eigenvalue weighted by molar-refractivity contribution is -0.123. The molecule has 1 heterocycles. The third kappa shape index (κ3) is 5.98. The number of tetrazole rings is 1. The van der Waals surface area contributed by atoms with Crippen molar-refractivity contribution in [1.82, 2.24) is 30.8 Å². The highest BCUT2D eigenvalue weighted by Gasteiger charge is 2.23. The summed E-state index contributed by atoms with van der Waals surface area (Å²) in [6.07, 6.45) is 4.11. The molecule has 10 nitrogen and oxygen atoms in total. The van der Waals surface area contributed by atoms with Crippen molar-refractivity contribution in [2.24, 2.45) is 0 Å². The molecule has 2 N–H and O–H groups in total. The fourth-order valence-corrected chi connectivity index (χ4v) is 3.40. The van der Waals surface area contributed by atoms with Crippen LogP contribution < -0.4 is 20.1 Å². The first kappa shape index (κ1) is 22.5. The van der Waals surface area contributed by atoms with Gasteiger partial charge in [0.15, 0.2) is 6.61 Å². The molecule has 0 atom stereocenters. The van der Waals surface area contributed by atoms with E-state index in [1.54, 1.807) is 6.07 Å². The zero-order chi connectivity index (χ0) is 23.2. The number of nitrogens with zero attached hydrogens (tertiary/aromatic N) is 4. The lowest BCUT2D eigenvalue weighted by Gasteiger charge is -2.12. The number of hydrogen-bond donors (Lipinski definition) is 2. The van der Waals surface area contributed by atoms with E-state index < -0.39 is 0 Å². The zero-order valence-corrected chi connectivity index (χ0v) is 18.7. The SMILES string of the molecule is COc1cc(-n2cnnn2)c(Cl)cc1C(=O)NCCc1ccc(OCC(=O)NC2CC2)cc1. The molecular formula is C22H23ClN6O4. The molecule has 1 aliphatic rings. The fraction of sp³-hybridized carbons (Fsp3) is 0.318. The molecular weight excluding hydrogens is 448 g/mol. The van der Waals surface area contributed by atoms with Crippen molar-refractivity contribution in [3.05, 3.63) is 58.9 Å². The van der Waals surface area contributed by atoms with Crippen molar-refractivity contribution in [3.8, 4) is 17.2 Å². The summed E-state index contributed by atoms with van der Waals surface area (Å²) in [5.41, 5.74) is 1.83.